The molecule has 2 fully saturated rings. The molecule has 2 aliphatic rings. The lowest BCUT2D eigenvalue weighted by Gasteiger charge is -2.27. The van der Waals surface area contributed by atoms with E-state index in [1.807, 2.05) is 0 Å². The number of hydrogen-bond donors (Lipinski definition) is 2. The zero-order chi connectivity index (χ0) is 11.1. The first-order valence-corrected chi connectivity index (χ1v) is 6.25. The molecule has 0 saturated heterocycles. The highest BCUT2D eigenvalue weighted by molar-refractivity contribution is 5.13. The molecule has 2 atom stereocenters. The standard InChI is InChI=1S/C12H18N2O2/c15-11-4-2-1-3-10(11)14-12(16)7-9(13-14)8-5-6-8/h7-8,10-11,13,15H,1-6H2. The summed E-state index contributed by atoms with van der Waals surface area (Å²) in [5.74, 6) is 0.565. The highest BCUT2D eigenvalue weighted by Crippen LogP contribution is 2.38. The molecule has 0 aliphatic heterocycles. The second kappa shape index (κ2) is 3.77. The van der Waals surface area contributed by atoms with Crippen LogP contribution in [0.1, 0.15) is 56.2 Å². The van der Waals surface area contributed by atoms with Crippen LogP contribution >= 0.6 is 0 Å². The van der Waals surface area contributed by atoms with E-state index in [1.54, 1.807) is 10.7 Å². The molecule has 0 aromatic carbocycles. The lowest BCUT2D eigenvalue weighted by atomic mass is 9.93. The maximum Gasteiger partial charge on any atom is 0.267 e. The number of nitrogens with zero attached hydrogens (tertiary/aromatic N) is 1. The van der Waals surface area contributed by atoms with Crippen molar-refractivity contribution in [2.45, 2.75) is 56.6 Å². The van der Waals surface area contributed by atoms with Crippen LogP contribution in [-0.4, -0.2) is 21.0 Å². The Morgan fingerprint density at radius 1 is 1.25 bits per heavy atom. The normalized spacial score (nSPS) is 30.6. The van der Waals surface area contributed by atoms with Crippen molar-refractivity contribution in [1.82, 2.24) is 9.78 Å². The summed E-state index contributed by atoms with van der Waals surface area (Å²) in [4.78, 5) is 11.8. The van der Waals surface area contributed by atoms with Gasteiger partial charge < -0.3 is 5.11 Å². The Kier molecular flexibility index (Phi) is 2.39. The Bertz CT molecular complexity index is 430. The van der Waals surface area contributed by atoms with Gasteiger partial charge in [0.15, 0.2) is 0 Å². The quantitative estimate of drug-likeness (QED) is 0.797. The molecular formula is C12H18N2O2. The second-order valence-electron chi connectivity index (χ2n) is 5.11. The van der Waals surface area contributed by atoms with Crippen molar-refractivity contribution in [1.29, 1.82) is 0 Å². The van der Waals surface area contributed by atoms with Gasteiger partial charge in [0.1, 0.15) is 0 Å². The fourth-order valence-corrected chi connectivity index (χ4v) is 2.67. The van der Waals surface area contributed by atoms with Crippen molar-refractivity contribution in [3.63, 3.8) is 0 Å². The second-order valence-corrected chi connectivity index (χ2v) is 5.11. The summed E-state index contributed by atoms with van der Waals surface area (Å²) in [5.41, 5.74) is 1.08. The van der Waals surface area contributed by atoms with Crippen molar-refractivity contribution in [3.8, 4) is 0 Å². The average molecular weight is 222 g/mol. The summed E-state index contributed by atoms with van der Waals surface area (Å²) in [7, 11) is 0. The molecule has 0 amide bonds. The maximum absolute atomic E-state index is 11.8. The van der Waals surface area contributed by atoms with Crippen LogP contribution in [0.25, 0.3) is 0 Å². The predicted octanol–water partition coefficient (Wildman–Crippen LogP) is 1.53. The number of aliphatic hydroxyl groups excluding tert-OH is 1. The first-order chi connectivity index (χ1) is 7.75. The molecule has 4 heteroatoms. The van der Waals surface area contributed by atoms with Crippen LogP contribution in [0.2, 0.25) is 0 Å². The number of H-pyrrole nitrogens is 1. The molecule has 88 valence electrons. The van der Waals surface area contributed by atoms with Crippen LogP contribution in [0.5, 0.6) is 0 Å². The first kappa shape index (κ1) is 10.1. The van der Waals surface area contributed by atoms with Gasteiger partial charge >= 0.3 is 0 Å². The molecule has 0 bridgehead atoms. The highest BCUT2D eigenvalue weighted by Gasteiger charge is 2.30. The van der Waals surface area contributed by atoms with Crippen LogP contribution in [-0.2, 0) is 0 Å². The van der Waals surface area contributed by atoms with Gasteiger partial charge in [0.25, 0.3) is 5.56 Å². The lowest BCUT2D eigenvalue weighted by molar-refractivity contribution is 0.0676. The van der Waals surface area contributed by atoms with Gasteiger partial charge in [-0.1, -0.05) is 12.8 Å². The highest BCUT2D eigenvalue weighted by atomic mass is 16.3. The Morgan fingerprint density at radius 2 is 2.00 bits per heavy atom. The summed E-state index contributed by atoms with van der Waals surface area (Å²) in [6.07, 6.45) is 5.91. The number of aliphatic hydroxyl groups is 1. The minimum Gasteiger partial charge on any atom is -0.391 e. The van der Waals surface area contributed by atoms with Gasteiger partial charge in [0.2, 0.25) is 0 Å². The minimum absolute atomic E-state index is 0.0212. The maximum atomic E-state index is 11.8. The van der Waals surface area contributed by atoms with Gasteiger partial charge in [-0.2, -0.15) is 0 Å². The molecule has 1 heterocycles. The van der Waals surface area contributed by atoms with Gasteiger partial charge in [0.05, 0.1) is 12.1 Å². The van der Waals surface area contributed by atoms with E-state index in [0.29, 0.717) is 5.92 Å². The Hall–Kier alpha value is -1.03. The van der Waals surface area contributed by atoms with Crippen molar-refractivity contribution in [2.75, 3.05) is 0 Å². The molecular weight excluding hydrogens is 204 g/mol. The Morgan fingerprint density at radius 3 is 2.69 bits per heavy atom. The molecule has 1 aromatic heterocycles. The Balaban J connectivity index is 1.89. The van der Waals surface area contributed by atoms with Crippen molar-refractivity contribution < 1.29 is 5.11 Å². The van der Waals surface area contributed by atoms with Gasteiger partial charge in [-0.15, -0.1) is 0 Å². The number of nitrogens with one attached hydrogen (secondary N) is 1. The van der Waals surface area contributed by atoms with Crippen LogP contribution in [0.3, 0.4) is 0 Å². The van der Waals surface area contributed by atoms with Crippen LogP contribution in [0.15, 0.2) is 10.9 Å². The van der Waals surface area contributed by atoms with E-state index in [-0.39, 0.29) is 17.7 Å². The minimum atomic E-state index is -0.364. The third kappa shape index (κ3) is 1.71. The lowest BCUT2D eigenvalue weighted by Crippen LogP contribution is -2.33. The largest absolute Gasteiger partial charge is 0.391 e. The fourth-order valence-electron chi connectivity index (χ4n) is 2.67. The van der Waals surface area contributed by atoms with Crippen LogP contribution in [0.4, 0.5) is 0 Å². The molecule has 2 aliphatic carbocycles. The van der Waals surface area contributed by atoms with E-state index in [0.717, 1.165) is 31.4 Å². The summed E-state index contributed by atoms with van der Waals surface area (Å²) in [6, 6.07) is 1.67. The van der Waals surface area contributed by atoms with E-state index >= 15 is 0 Å². The van der Waals surface area contributed by atoms with E-state index in [2.05, 4.69) is 5.10 Å². The molecule has 0 spiro atoms. The molecule has 2 N–H and O–H groups in total. The van der Waals surface area contributed by atoms with Crippen LogP contribution in [0, 0.1) is 0 Å². The molecule has 2 saturated carbocycles. The van der Waals surface area contributed by atoms with Crippen molar-refractivity contribution in [2.24, 2.45) is 0 Å². The molecule has 3 rings (SSSR count). The number of aromatic amines is 1. The summed E-state index contributed by atoms with van der Waals surface area (Å²) in [5, 5.41) is 13.1. The molecule has 1 aromatic rings. The van der Waals surface area contributed by atoms with E-state index in [9.17, 15) is 9.90 Å². The zero-order valence-corrected chi connectivity index (χ0v) is 9.35. The van der Waals surface area contributed by atoms with Crippen molar-refractivity contribution in [3.05, 3.63) is 22.1 Å². The number of rotatable bonds is 2. The smallest absolute Gasteiger partial charge is 0.267 e. The first-order valence-electron chi connectivity index (χ1n) is 6.25. The third-order valence-electron chi connectivity index (χ3n) is 3.81. The number of aromatic nitrogens is 2. The molecule has 2 unspecified atom stereocenters. The van der Waals surface area contributed by atoms with Crippen LogP contribution < -0.4 is 5.56 Å². The summed E-state index contributed by atoms with van der Waals surface area (Å²) < 4.78 is 1.65. The Labute approximate surface area is 94.3 Å². The predicted molar refractivity (Wildman–Crippen MR) is 60.5 cm³/mol. The average Bonchev–Trinajstić information content (AvgIpc) is 3.04. The van der Waals surface area contributed by atoms with E-state index < -0.39 is 0 Å². The van der Waals surface area contributed by atoms with Crippen molar-refractivity contribution >= 4 is 0 Å². The zero-order valence-electron chi connectivity index (χ0n) is 9.35. The van der Waals surface area contributed by atoms with Gasteiger partial charge in [-0.3, -0.25) is 9.89 Å². The van der Waals surface area contributed by atoms with E-state index in [4.69, 9.17) is 0 Å². The summed E-state index contributed by atoms with van der Waals surface area (Å²) in [6.45, 7) is 0. The molecule has 4 nitrogen and oxygen atoms in total. The van der Waals surface area contributed by atoms with Gasteiger partial charge in [-0.25, -0.2) is 4.68 Å². The van der Waals surface area contributed by atoms with Gasteiger partial charge in [-0.05, 0) is 25.7 Å². The fraction of sp³-hybridized carbons (Fsp3) is 0.750. The topological polar surface area (TPSA) is 58.0 Å². The molecule has 16 heavy (non-hydrogen) atoms. The van der Waals surface area contributed by atoms with Gasteiger partial charge in [0, 0.05) is 17.7 Å². The number of hydrogen-bond acceptors (Lipinski definition) is 2. The SMILES string of the molecule is O=c1cc(C2CC2)[nH]n1C1CCCCC1O. The van der Waals surface area contributed by atoms with E-state index in [1.165, 1.54) is 12.8 Å². The molecule has 0 radical (unpaired) electrons. The monoisotopic (exact) mass is 222 g/mol. The summed E-state index contributed by atoms with van der Waals surface area (Å²) >= 11 is 0. The third-order valence-corrected chi connectivity index (χ3v) is 3.81.